The van der Waals surface area contributed by atoms with E-state index < -0.39 is 0 Å². The molecule has 0 atom stereocenters. The summed E-state index contributed by atoms with van der Waals surface area (Å²) in [6.45, 7) is 4.50. The zero-order valence-electron chi connectivity index (χ0n) is 11.6. The molecule has 0 aliphatic heterocycles. The Morgan fingerprint density at radius 1 is 1.35 bits per heavy atom. The van der Waals surface area contributed by atoms with Crippen LogP contribution in [0.15, 0.2) is 41.0 Å². The quantitative estimate of drug-likeness (QED) is 0.928. The van der Waals surface area contributed by atoms with E-state index in [4.69, 9.17) is 0 Å². The van der Waals surface area contributed by atoms with Crippen LogP contribution in [-0.4, -0.2) is 10.9 Å². The van der Waals surface area contributed by atoms with Crippen LogP contribution in [0.4, 0.5) is 0 Å². The third kappa shape index (κ3) is 3.45. The minimum absolute atomic E-state index is 0.0896. The van der Waals surface area contributed by atoms with Crippen LogP contribution >= 0.6 is 15.9 Å². The van der Waals surface area contributed by atoms with E-state index in [1.165, 1.54) is 0 Å². The van der Waals surface area contributed by atoms with Gasteiger partial charge in [0.25, 0.3) is 5.91 Å². The van der Waals surface area contributed by atoms with E-state index in [1.807, 2.05) is 37.3 Å². The molecule has 20 heavy (non-hydrogen) atoms. The molecule has 1 amide bonds. The molecule has 0 aliphatic rings. The topological polar surface area (TPSA) is 42.0 Å². The fraction of sp³-hybridized carbons (Fsp3) is 0.250. The molecule has 2 aromatic rings. The Morgan fingerprint density at radius 2 is 2.15 bits per heavy atom. The van der Waals surface area contributed by atoms with Gasteiger partial charge in [0.1, 0.15) is 0 Å². The van der Waals surface area contributed by atoms with Gasteiger partial charge in [0.2, 0.25) is 0 Å². The van der Waals surface area contributed by atoms with Gasteiger partial charge in [-0.25, -0.2) is 0 Å². The van der Waals surface area contributed by atoms with Crippen molar-refractivity contribution in [3.63, 3.8) is 0 Å². The van der Waals surface area contributed by atoms with Crippen LogP contribution in [0.3, 0.4) is 0 Å². The number of carbonyl (C=O) groups excluding carboxylic acids is 1. The van der Waals surface area contributed by atoms with Gasteiger partial charge >= 0.3 is 0 Å². The fourth-order valence-electron chi connectivity index (χ4n) is 2.02. The number of halogens is 1. The lowest BCUT2D eigenvalue weighted by Crippen LogP contribution is -2.24. The SMILES string of the molecule is CCc1cccnc1CNC(=O)c1cc(C)ccc1Br. The number of nitrogens with one attached hydrogen (secondary N) is 1. The molecule has 0 bridgehead atoms. The summed E-state index contributed by atoms with van der Waals surface area (Å²) in [5, 5.41) is 2.93. The van der Waals surface area contributed by atoms with E-state index in [-0.39, 0.29) is 5.91 Å². The van der Waals surface area contributed by atoms with E-state index in [9.17, 15) is 4.79 Å². The largest absolute Gasteiger partial charge is 0.346 e. The summed E-state index contributed by atoms with van der Waals surface area (Å²) < 4.78 is 0.803. The van der Waals surface area contributed by atoms with Crippen molar-refractivity contribution in [2.24, 2.45) is 0 Å². The Morgan fingerprint density at radius 3 is 2.90 bits per heavy atom. The first-order valence-corrected chi connectivity index (χ1v) is 7.38. The van der Waals surface area contributed by atoms with Gasteiger partial charge in [-0.15, -0.1) is 0 Å². The zero-order chi connectivity index (χ0) is 14.5. The molecule has 104 valence electrons. The molecule has 3 nitrogen and oxygen atoms in total. The van der Waals surface area contributed by atoms with Gasteiger partial charge in [-0.2, -0.15) is 0 Å². The Labute approximate surface area is 127 Å². The van der Waals surface area contributed by atoms with Crippen molar-refractivity contribution < 1.29 is 4.79 Å². The van der Waals surface area contributed by atoms with Crippen molar-refractivity contribution >= 4 is 21.8 Å². The summed E-state index contributed by atoms with van der Waals surface area (Å²) in [5.41, 5.74) is 3.80. The van der Waals surface area contributed by atoms with Gasteiger partial charge in [-0.3, -0.25) is 9.78 Å². The molecule has 0 saturated carbocycles. The Bertz CT molecular complexity index is 626. The van der Waals surface area contributed by atoms with Crippen molar-refractivity contribution in [2.75, 3.05) is 0 Å². The maximum absolute atomic E-state index is 12.2. The Hall–Kier alpha value is -1.68. The summed E-state index contributed by atoms with van der Waals surface area (Å²) in [5.74, 6) is -0.0896. The summed E-state index contributed by atoms with van der Waals surface area (Å²) in [4.78, 5) is 16.6. The Balaban J connectivity index is 2.11. The van der Waals surface area contributed by atoms with Crippen LogP contribution in [0, 0.1) is 6.92 Å². The van der Waals surface area contributed by atoms with Crippen LogP contribution in [0.5, 0.6) is 0 Å². The predicted octanol–water partition coefficient (Wildman–Crippen LogP) is 3.64. The smallest absolute Gasteiger partial charge is 0.252 e. The average Bonchev–Trinajstić information content (AvgIpc) is 2.47. The zero-order valence-corrected chi connectivity index (χ0v) is 13.2. The number of nitrogens with zero attached hydrogens (tertiary/aromatic N) is 1. The fourth-order valence-corrected chi connectivity index (χ4v) is 2.45. The first-order valence-electron chi connectivity index (χ1n) is 6.59. The first kappa shape index (κ1) is 14.7. The Kier molecular flexibility index (Phi) is 4.90. The van der Waals surface area contributed by atoms with Crippen molar-refractivity contribution in [3.05, 3.63) is 63.4 Å². The second kappa shape index (κ2) is 6.66. The van der Waals surface area contributed by atoms with Crippen molar-refractivity contribution in [3.8, 4) is 0 Å². The van der Waals surface area contributed by atoms with Crippen molar-refractivity contribution in [1.82, 2.24) is 10.3 Å². The molecular formula is C16H17BrN2O. The van der Waals surface area contributed by atoms with Crippen LogP contribution in [-0.2, 0) is 13.0 Å². The van der Waals surface area contributed by atoms with Crippen LogP contribution in [0.2, 0.25) is 0 Å². The molecule has 0 aliphatic carbocycles. The number of pyridine rings is 1. The van der Waals surface area contributed by atoms with Crippen LogP contribution in [0.25, 0.3) is 0 Å². The summed E-state index contributed by atoms with van der Waals surface area (Å²) in [7, 11) is 0. The molecule has 1 heterocycles. The lowest BCUT2D eigenvalue weighted by molar-refractivity contribution is 0.0949. The van der Waals surface area contributed by atoms with Gasteiger partial charge in [0.05, 0.1) is 17.8 Å². The molecular weight excluding hydrogens is 316 g/mol. The van der Waals surface area contributed by atoms with E-state index in [2.05, 4.69) is 33.2 Å². The average molecular weight is 333 g/mol. The second-order valence-electron chi connectivity index (χ2n) is 4.63. The second-order valence-corrected chi connectivity index (χ2v) is 5.48. The minimum Gasteiger partial charge on any atom is -0.346 e. The molecule has 0 saturated heterocycles. The number of aryl methyl sites for hydroxylation is 2. The van der Waals surface area contributed by atoms with Crippen molar-refractivity contribution in [2.45, 2.75) is 26.8 Å². The molecule has 4 heteroatoms. The van der Waals surface area contributed by atoms with Gasteiger partial charge in [0.15, 0.2) is 0 Å². The standard InChI is InChI=1S/C16H17BrN2O/c1-3-12-5-4-8-18-15(12)10-19-16(20)13-9-11(2)6-7-14(13)17/h4-9H,3,10H2,1-2H3,(H,19,20). The lowest BCUT2D eigenvalue weighted by Gasteiger charge is -2.09. The molecule has 0 spiro atoms. The third-order valence-corrected chi connectivity index (χ3v) is 3.84. The van der Waals surface area contributed by atoms with E-state index in [0.717, 1.165) is 27.7 Å². The van der Waals surface area contributed by atoms with Gasteiger partial charge in [0, 0.05) is 10.7 Å². The number of rotatable bonds is 4. The van der Waals surface area contributed by atoms with Gasteiger partial charge in [-0.05, 0) is 53.0 Å². The number of benzene rings is 1. The molecule has 0 fully saturated rings. The van der Waals surface area contributed by atoms with Crippen LogP contribution < -0.4 is 5.32 Å². The van der Waals surface area contributed by atoms with E-state index >= 15 is 0 Å². The number of carbonyl (C=O) groups is 1. The highest BCUT2D eigenvalue weighted by Crippen LogP contribution is 2.18. The summed E-state index contributed by atoms with van der Waals surface area (Å²) >= 11 is 3.41. The highest BCUT2D eigenvalue weighted by atomic mass is 79.9. The number of hydrogen-bond acceptors (Lipinski definition) is 2. The lowest BCUT2D eigenvalue weighted by atomic mass is 10.1. The first-order chi connectivity index (χ1) is 9.61. The third-order valence-electron chi connectivity index (χ3n) is 3.15. The van der Waals surface area contributed by atoms with Crippen LogP contribution in [0.1, 0.15) is 34.1 Å². The number of hydrogen-bond donors (Lipinski definition) is 1. The van der Waals surface area contributed by atoms with Gasteiger partial charge in [-0.1, -0.05) is 24.6 Å². The minimum atomic E-state index is -0.0896. The predicted molar refractivity (Wildman–Crippen MR) is 83.7 cm³/mol. The van der Waals surface area contributed by atoms with Gasteiger partial charge < -0.3 is 5.32 Å². The van der Waals surface area contributed by atoms with E-state index in [0.29, 0.717) is 12.1 Å². The monoisotopic (exact) mass is 332 g/mol. The molecule has 0 unspecified atom stereocenters. The highest BCUT2D eigenvalue weighted by Gasteiger charge is 2.11. The summed E-state index contributed by atoms with van der Waals surface area (Å²) in [6, 6.07) is 9.69. The normalized spacial score (nSPS) is 10.3. The molecule has 1 N–H and O–H groups in total. The molecule has 0 radical (unpaired) electrons. The maximum atomic E-state index is 12.2. The maximum Gasteiger partial charge on any atom is 0.252 e. The number of amides is 1. The van der Waals surface area contributed by atoms with E-state index in [1.54, 1.807) is 6.20 Å². The molecule has 2 rings (SSSR count). The highest BCUT2D eigenvalue weighted by molar-refractivity contribution is 9.10. The van der Waals surface area contributed by atoms with Crippen molar-refractivity contribution in [1.29, 1.82) is 0 Å². The number of aromatic nitrogens is 1. The molecule has 1 aromatic carbocycles. The molecule has 1 aromatic heterocycles. The summed E-state index contributed by atoms with van der Waals surface area (Å²) in [6.07, 6.45) is 2.66.